The molecule has 2 N–H and O–H groups in total. The Morgan fingerprint density at radius 3 is 2.45 bits per heavy atom. The number of hydrogen-bond acceptors (Lipinski definition) is 3. The topological polar surface area (TPSA) is 41.5 Å². The second-order valence-electron chi connectivity index (χ2n) is 5.94. The summed E-state index contributed by atoms with van der Waals surface area (Å²) in [7, 11) is 0. The first kappa shape index (κ1) is 17.2. The molecule has 0 amide bonds. The zero-order chi connectivity index (χ0) is 14.8. The van der Waals surface area contributed by atoms with Crippen molar-refractivity contribution >= 4 is 0 Å². The van der Waals surface area contributed by atoms with Crippen LogP contribution in [0.4, 0.5) is 0 Å². The fourth-order valence-corrected chi connectivity index (χ4v) is 1.97. The molecule has 1 rings (SSSR count). The summed E-state index contributed by atoms with van der Waals surface area (Å²) in [6, 6.07) is 10.5. The second-order valence-corrected chi connectivity index (χ2v) is 5.94. The van der Waals surface area contributed by atoms with Gasteiger partial charge in [-0.3, -0.25) is 0 Å². The summed E-state index contributed by atoms with van der Waals surface area (Å²) < 4.78 is 5.52. The smallest absolute Gasteiger partial charge is 0.0897 e. The van der Waals surface area contributed by atoms with Gasteiger partial charge in [0, 0.05) is 12.6 Å². The van der Waals surface area contributed by atoms with Crippen molar-refractivity contribution in [3.8, 4) is 0 Å². The van der Waals surface area contributed by atoms with E-state index in [2.05, 4.69) is 26.1 Å². The van der Waals surface area contributed by atoms with Crippen LogP contribution in [-0.4, -0.2) is 30.4 Å². The first-order chi connectivity index (χ1) is 9.58. The van der Waals surface area contributed by atoms with Crippen molar-refractivity contribution in [1.29, 1.82) is 0 Å². The van der Waals surface area contributed by atoms with Crippen molar-refractivity contribution in [2.75, 3.05) is 13.2 Å². The van der Waals surface area contributed by atoms with Gasteiger partial charge in [0.2, 0.25) is 0 Å². The molecule has 0 heterocycles. The number of ether oxygens (including phenoxy) is 1. The Morgan fingerprint density at radius 2 is 1.80 bits per heavy atom. The summed E-state index contributed by atoms with van der Waals surface area (Å²) in [4.78, 5) is 0. The number of hydrogen-bond donors (Lipinski definition) is 2. The van der Waals surface area contributed by atoms with E-state index in [1.54, 1.807) is 0 Å². The summed E-state index contributed by atoms with van der Waals surface area (Å²) in [6.45, 7) is 8.16. The monoisotopic (exact) mass is 279 g/mol. The molecule has 3 nitrogen and oxygen atoms in total. The standard InChI is InChI=1S/C17H29NO2/c1-14(2)9-10-15(3)18-11-17(19)13-20-12-16-7-5-4-6-8-16/h4-8,14-15,17-19H,9-13H2,1-3H3. The molecule has 0 saturated heterocycles. The molecule has 0 bridgehead atoms. The van der Waals surface area contributed by atoms with Crippen LogP contribution in [0.1, 0.15) is 39.2 Å². The van der Waals surface area contributed by atoms with Gasteiger partial charge in [0.05, 0.1) is 19.3 Å². The Balaban J connectivity index is 2.06. The summed E-state index contributed by atoms with van der Waals surface area (Å²) in [6.07, 6.45) is 1.92. The average Bonchev–Trinajstić information content (AvgIpc) is 2.44. The van der Waals surface area contributed by atoms with Crippen LogP contribution in [0, 0.1) is 5.92 Å². The summed E-state index contributed by atoms with van der Waals surface area (Å²) in [5, 5.41) is 13.2. The van der Waals surface area contributed by atoms with Crippen LogP contribution in [0.3, 0.4) is 0 Å². The second kappa shape index (κ2) is 9.92. The molecule has 20 heavy (non-hydrogen) atoms. The van der Waals surface area contributed by atoms with Crippen LogP contribution < -0.4 is 5.32 Å². The molecule has 0 fully saturated rings. The van der Waals surface area contributed by atoms with Crippen molar-refractivity contribution in [3.05, 3.63) is 35.9 Å². The van der Waals surface area contributed by atoms with Gasteiger partial charge < -0.3 is 15.2 Å². The molecular weight excluding hydrogens is 250 g/mol. The van der Waals surface area contributed by atoms with Crippen LogP contribution in [0.2, 0.25) is 0 Å². The van der Waals surface area contributed by atoms with Crippen LogP contribution in [0.5, 0.6) is 0 Å². The Kier molecular flexibility index (Phi) is 8.51. The van der Waals surface area contributed by atoms with E-state index in [-0.39, 0.29) is 0 Å². The summed E-state index contributed by atoms with van der Waals surface area (Å²) in [5.74, 6) is 0.735. The molecule has 114 valence electrons. The molecule has 1 aromatic carbocycles. The molecule has 0 saturated carbocycles. The third-order valence-corrected chi connectivity index (χ3v) is 3.30. The minimum absolute atomic E-state index is 0.374. The highest BCUT2D eigenvalue weighted by molar-refractivity contribution is 5.13. The number of rotatable bonds is 10. The van der Waals surface area contributed by atoms with Crippen molar-refractivity contribution in [2.24, 2.45) is 5.92 Å². The van der Waals surface area contributed by atoms with Gasteiger partial charge in [0.1, 0.15) is 0 Å². The lowest BCUT2D eigenvalue weighted by molar-refractivity contribution is 0.0277. The molecule has 3 heteroatoms. The average molecular weight is 279 g/mol. The van der Waals surface area contributed by atoms with Gasteiger partial charge in [-0.1, -0.05) is 44.2 Å². The van der Waals surface area contributed by atoms with Gasteiger partial charge in [-0.15, -0.1) is 0 Å². The maximum atomic E-state index is 9.87. The van der Waals surface area contributed by atoms with E-state index < -0.39 is 6.10 Å². The zero-order valence-electron chi connectivity index (χ0n) is 13.0. The van der Waals surface area contributed by atoms with Gasteiger partial charge in [-0.2, -0.15) is 0 Å². The van der Waals surface area contributed by atoms with E-state index in [1.807, 2.05) is 30.3 Å². The van der Waals surface area contributed by atoms with Crippen LogP contribution in [-0.2, 0) is 11.3 Å². The minimum Gasteiger partial charge on any atom is -0.389 e. The maximum absolute atomic E-state index is 9.87. The quantitative estimate of drug-likeness (QED) is 0.692. The Morgan fingerprint density at radius 1 is 1.10 bits per heavy atom. The van der Waals surface area contributed by atoms with Gasteiger partial charge in [-0.25, -0.2) is 0 Å². The van der Waals surface area contributed by atoms with Crippen molar-refractivity contribution in [2.45, 2.75) is 52.4 Å². The lowest BCUT2D eigenvalue weighted by Crippen LogP contribution is -2.36. The predicted molar refractivity (Wildman–Crippen MR) is 83.6 cm³/mol. The molecule has 2 atom stereocenters. The lowest BCUT2D eigenvalue weighted by atomic mass is 10.0. The fraction of sp³-hybridized carbons (Fsp3) is 0.647. The minimum atomic E-state index is -0.444. The van der Waals surface area contributed by atoms with Crippen molar-refractivity contribution in [3.63, 3.8) is 0 Å². The Labute approximate surface area is 123 Å². The van der Waals surface area contributed by atoms with Gasteiger partial charge in [-0.05, 0) is 31.2 Å². The molecule has 0 aliphatic rings. The fourth-order valence-electron chi connectivity index (χ4n) is 1.97. The number of aliphatic hydroxyl groups is 1. The van der Waals surface area contributed by atoms with E-state index in [4.69, 9.17) is 4.74 Å². The molecule has 2 unspecified atom stereocenters. The normalized spacial score (nSPS) is 14.4. The molecule has 0 aliphatic carbocycles. The molecule has 1 aromatic rings. The van der Waals surface area contributed by atoms with E-state index in [0.29, 0.717) is 25.8 Å². The number of aliphatic hydroxyl groups excluding tert-OH is 1. The van der Waals surface area contributed by atoms with Crippen LogP contribution >= 0.6 is 0 Å². The largest absolute Gasteiger partial charge is 0.389 e. The molecule has 0 radical (unpaired) electrons. The highest BCUT2D eigenvalue weighted by Gasteiger charge is 2.08. The highest BCUT2D eigenvalue weighted by atomic mass is 16.5. The van der Waals surface area contributed by atoms with Crippen molar-refractivity contribution < 1.29 is 9.84 Å². The van der Waals surface area contributed by atoms with E-state index in [0.717, 1.165) is 17.9 Å². The third kappa shape index (κ3) is 8.31. The molecule has 0 spiro atoms. The van der Waals surface area contributed by atoms with E-state index in [1.165, 1.54) is 6.42 Å². The summed E-state index contributed by atoms with van der Waals surface area (Å²) >= 11 is 0. The van der Waals surface area contributed by atoms with Gasteiger partial charge in [0.25, 0.3) is 0 Å². The molecule has 0 aliphatic heterocycles. The van der Waals surface area contributed by atoms with Gasteiger partial charge in [0.15, 0.2) is 0 Å². The van der Waals surface area contributed by atoms with Crippen LogP contribution in [0.15, 0.2) is 30.3 Å². The Bertz CT molecular complexity index is 340. The first-order valence-electron chi connectivity index (χ1n) is 7.61. The lowest BCUT2D eigenvalue weighted by Gasteiger charge is -2.18. The van der Waals surface area contributed by atoms with Crippen LogP contribution in [0.25, 0.3) is 0 Å². The third-order valence-electron chi connectivity index (χ3n) is 3.30. The molecular formula is C17H29NO2. The van der Waals surface area contributed by atoms with E-state index in [9.17, 15) is 5.11 Å². The summed E-state index contributed by atoms with van der Waals surface area (Å²) in [5.41, 5.74) is 1.14. The van der Waals surface area contributed by atoms with Crippen molar-refractivity contribution in [1.82, 2.24) is 5.32 Å². The molecule has 0 aromatic heterocycles. The SMILES string of the molecule is CC(C)CCC(C)NCC(O)COCc1ccccc1. The number of nitrogens with one attached hydrogen (secondary N) is 1. The maximum Gasteiger partial charge on any atom is 0.0897 e. The predicted octanol–water partition coefficient (Wildman–Crippen LogP) is 2.98. The Hall–Kier alpha value is -0.900. The first-order valence-corrected chi connectivity index (χ1v) is 7.61. The zero-order valence-corrected chi connectivity index (χ0v) is 13.0. The van der Waals surface area contributed by atoms with E-state index >= 15 is 0 Å². The van der Waals surface area contributed by atoms with Gasteiger partial charge >= 0.3 is 0 Å². The number of benzene rings is 1. The highest BCUT2D eigenvalue weighted by Crippen LogP contribution is 2.06.